The van der Waals surface area contributed by atoms with Crippen molar-refractivity contribution < 1.29 is 4.79 Å². The molecule has 2 rings (SSSR count). The first-order valence-electron chi connectivity index (χ1n) is 8.29. The van der Waals surface area contributed by atoms with Gasteiger partial charge in [0.15, 0.2) is 0 Å². The van der Waals surface area contributed by atoms with E-state index in [1.807, 2.05) is 19.2 Å². The number of nitrogens with one attached hydrogen (secondary N) is 2. The highest BCUT2D eigenvalue weighted by Crippen LogP contribution is 2.20. The lowest BCUT2D eigenvalue weighted by molar-refractivity contribution is -0.121. The Morgan fingerprint density at radius 1 is 1.00 bits per heavy atom. The fraction of sp³-hybridized carbons (Fsp3) is 0.350. The lowest BCUT2D eigenvalue weighted by Gasteiger charge is -2.18. The van der Waals surface area contributed by atoms with Crippen molar-refractivity contribution in [1.29, 1.82) is 0 Å². The van der Waals surface area contributed by atoms with Crippen LogP contribution in [-0.2, 0) is 11.2 Å². The van der Waals surface area contributed by atoms with Crippen molar-refractivity contribution in [3.05, 3.63) is 71.8 Å². The zero-order chi connectivity index (χ0) is 16.3. The van der Waals surface area contributed by atoms with Gasteiger partial charge in [0.25, 0.3) is 0 Å². The van der Waals surface area contributed by atoms with Gasteiger partial charge in [-0.3, -0.25) is 4.79 Å². The molecule has 0 fully saturated rings. The van der Waals surface area contributed by atoms with E-state index in [2.05, 4.69) is 59.2 Å². The second-order valence-corrected chi connectivity index (χ2v) is 5.81. The smallest absolute Gasteiger partial charge is 0.220 e. The molecule has 0 aliphatic rings. The highest BCUT2D eigenvalue weighted by atomic mass is 16.1. The van der Waals surface area contributed by atoms with Gasteiger partial charge in [0, 0.05) is 18.9 Å². The average Bonchev–Trinajstić information content (AvgIpc) is 2.60. The van der Waals surface area contributed by atoms with Crippen molar-refractivity contribution >= 4 is 5.91 Å². The summed E-state index contributed by atoms with van der Waals surface area (Å²) in [5, 5.41) is 6.16. The van der Waals surface area contributed by atoms with Crippen LogP contribution >= 0.6 is 0 Å². The molecule has 0 aliphatic heterocycles. The standard InChI is InChI=1S/C20H26N2O/c1-21-14-8-13-20(23)22-16-19(18-11-6-3-7-12-18)15-17-9-4-2-5-10-17/h2-7,9-12,19,21H,8,13-16H2,1H3,(H,22,23). The molecule has 3 heteroatoms. The molecule has 2 aromatic carbocycles. The highest BCUT2D eigenvalue weighted by Gasteiger charge is 2.13. The molecule has 0 radical (unpaired) electrons. The summed E-state index contributed by atoms with van der Waals surface area (Å²) in [5.74, 6) is 0.432. The molecule has 122 valence electrons. The van der Waals surface area contributed by atoms with E-state index in [1.54, 1.807) is 0 Å². The number of benzene rings is 2. The van der Waals surface area contributed by atoms with E-state index in [0.29, 0.717) is 18.9 Å². The SMILES string of the molecule is CNCCCC(=O)NCC(Cc1ccccc1)c1ccccc1. The van der Waals surface area contributed by atoms with E-state index >= 15 is 0 Å². The van der Waals surface area contributed by atoms with Gasteiger partial charge in [-0.2, -0.15) is 0 Å². The van der Waals surface area contributed by atoms with E-state index in [0.717, 1.165) is 19.4 Å². The maximum atomic E-state index is 12.0. The highest BCUT2D eigenvalue weighted by molar-refractivity contribution is 5.75. The Balaban J connectivity index is 1.95. The molecule has 1 atom stereocenters. The molecule has 0 saturated carbocycles. The Hall–Kier alpha value is -2.13. The number of rotatable bonds is 9. The van der Waals surface area contributed by atoms with Crippen LogP contribution in [0.4, 0.5) is 0 Å². The Kier molecular flexibility index (Phi) is 7.34. The molecule has 1 amide bonds. The van der Waals surface area contributed by atoms with Crippen LogP contribution in [0.5, 0.6) is 0 Å². The van der Waals surface area contributed by atoms with Crippen LogP contribution in [0.3, 0.4) is 0 Å². The Bertz CT molecular complexity index is 569. The maximum absolute atomic E-state index is 12.0. The minimum absolute atomic E-state index is 0.134. The van der Waals surface area contributed by atoms with E-state index in [1.165, 1.54) is 11.1 Å². The summed E-state index contributed by atoms with van der Waals surface area (Å²) in [6, 6.07) is 20.9. The van der Waals surface area contributed by atoms with Crippen LogP contribution in [0.2, 0.25) is 0 Å². The van der Waals surface area contributed by atoms with E-state index < -0.39 is 0 Å². The van der Waals surface area contributed by atoms with Crippen molar-refractivity contribution in [3.8, 4) is 0 Å². The molecule has 0 saturated heterocycles. The monoisotopic (exact) mass is 310 g/mol. The van der Waals surface area contributed by atoms with Crippen LogP contribution in [-0.4, -0.2) is 26.0 Å². The summed E-state index contributed by atoms with van der Waals surface area (Å²) < 4.78 is 0. The summed E-state index contributed by atoms with van der Waals surface area (Å²) in [6.07, 6.45) is 2.38. The zero-order valence-corrected chi connectivity index (χ0v) is 13.8. The molecule has 0 spiro atoms. The molecule has 0 heterocycles. The van der Waals surface area contributed by atoms with E-state index in [-0.39, 0.29) is 5.91 Å². The molecule has 2 aromatic rings. The third kappa shape index (κ3) is 6.25. The second kappa shape index (κ2) is 9.80. The summed E-state index contributed by atoms with van der Waals surface area (Å²) in [6.45, 7) is 1.55. The molecular formula is C20H26N2O. The first-order valence-corrected chi connectivity index (χ1v) is 8.29. The number of amides is 1. The molecule has 0 aromatic heterocycles. The number of hydrogen-bond donors (Lipinski definition) is 2. The molecule has 1 unspecified atom stereocenters. The van der Waals surface area contributed by atoms with E-state index in [9.17, 15) is 4.79 Å². The summed E-state index contributed by atoms with van der Waals surface area (Å²) >= 11 is 0. The third-order valence-electron chi connectivity index (χ3n) is 3.97. The minimum atomic E-state index is 0.134. The lowest BCUT2D eigenvalue weighted by Crippen LogP contribution is -2.29. The van der Waals surface area contributed by atoms with Gasteiger partial charge in [-0.05, 0) is 37.6 Å². The minimum Gasteiger partial charge on any atom is -0.355 e. The average molecular weight is 310 g/mol. The third-order valence-corrected chi connectivity index (χ3v) is 3.97. The molecule has 23 heavy (non-hydrogen) atoms. The van der Waals surface area contributed by atoms with Crippen molar-refractivity contribution in [2.45, 2.75) is 25.2 Å². The predicted octanol–water partition coefficient (Wildman–Crippen LogP) is 3.13. The fourth-order valence-corrected chi connectivity index (χ4v) is 2.68. The van der Waals surface area contributed by atoms with Crippen molar-refractivity contribution in [2.75, 3.05) is 20.1 Å². The van der Waals surface area contributed by atoms with E-state index in [4.69, 9.17) is 0 Å². The molecular weight excluding hydrogens is 284 g/mol. The first kappa shape index (κ1) is 17.2. The summed E-state index contributed by atoms with van der Waals surface area (Å²) in [5.41, 5.74) is 2.57. The van der Waals surface area contributed by atoms with Crippen molar-refractivity contribution in [2.24, 2.45) is 0 Å². The lowest BCUT2D eigenvalue weighted by atomic mass is 9.92. The van der Waals surface area contributed by atoms with Crippen LogP contribution < -0.4 is 10.6 Å². The van der Waals surface area contributed by atoms with Gasteiger partial charge in [0.05, 0.1) is 0 Å². The first-order chi connectivity index (χ1) is 11.3. The van der Waals surface area contributed by atoms with Crippen LogP contribution in [0, 0.1) is 0 Å². The van der Waals surface area contributed by atoms with Crippen LogP contribution in [0.25, 0.3) is 0 Å². The predicted molar refractivity (Wildman–Crippen MR) is 95.5 cm³/mol. The van der Waals surface area contributed by atoms with Gasteiger partial charge in [-0.25, -0.2) is 0 Å². The van der Waals surface area contributed by atoms with Gasteiger partial charge in [0.1, 0.15) is 0 Å². The fourth-order valence-electron chi connectivity index (χ4n) is 2.68. The summed E-state index contributed by atoms with van der Waals surface area (Å²) in [7, 11) is 1.91. The summed E-state index contributed by atoms with van der Waals surface area (Å²) in [4.78, 5) is 12.0. The van der Waals surface area contributed by atoms with Crippen molar-refractivity contribution in [1.82, 2.24) is 10.6 Å². The zero-order valence-electron chi connectivity index (χ0n) is 13.8. The Morgan fingerprint density at radius 2 is 1.65 bits per heavy atom. The maximum Gasteiger partial charge on any atom is 0.220 e. The van der Waals surface area contributed by atoms with Crippen LogP contribution in [0.1, 0.15) is 29.9 Å². The van der Waals surface area contributed by atoms with Gasteiger partial charge >= 0.3 is 0 Å². The van der Waals surface area contributed by atoms with Gasteiger partial charge in [-0.15, -0.1) is 0 Å². The topological polar surface area (TPSA) is 41.1 Å². The molecule has 0 aliphatic carbocycles. The quantitative estimate of drug-likeness (QED) is 0.699. The van der Waals surface area contributed by atoms with Crippen LogP contribution in [0.15, 0.2) is 60.7 Å². The molecule has 0 bridgehead atoms. The number of carbonyl (C=O) groups excluding carboxylic acids is 1. The molecule has 3 nitrogen and oxygen atoms in total. The normalized spacial score (nSPS) is 11.9. The molecule has 2 N–H and O–H groups in total. The second-order valence-electron chi connectivity index (χ2n) is 5.81. The van der Waals surface area contributed by atoms with Gasteiger partial charge in [-0.1, -0.05) is 60.7 Å². The largest absolute Gasteiger partial charge is 0.355 e. The number of carbonyl (C=O) groups is 1. The number of hydrogen-bond acceptors (Lipinski definition) is 2. The van der Waals surface area contributed by atoms with Crippen molar-refractivity contribution in [3.63, 3.8) is 0 Å². The Morgan fingerprint density at radius 3 is 2.30 bits per heavy atom. The Labute approximate surface area is 139 Å². The van der Waals surface area contributed by atoms with Gasteiger partial charge < -0.3 is 10.6 Å². The van der Waals surface area contributed by atoms with Gasteiger partial charge in [0.2, 0.25) is 5.91 Å².